The highest BCUT2D eigenvalue weighted by atomic mass is 32.2. The zero-order valence-electron chi connectivity index (χ0n) is 10.3. The summed E-state index contributed by atoms with van der Waals surface area (Å²) in [7, 11) is -3.65. The van der Waals surface area contributed by atoms with E-state index in [2.05, 4.69) is 0 Å². The molecule has 0 atom stereocenters. The van der Waals surface area contributed by atoms with Crippen LogP contribution in [0.2, 0.25) is 0 Å². The van der Waals surface area contributed by atoms with Gasteiger partial charge in [0.05, 0.1) is 5.54 Å². The van der Waals surface area contributed by atoms with Crippen molar-refractivity contribution in [2.24, 2.45) is 10.9 Å². The lowest BCUT2D eigenvalue weighted by Gasteiger charge is -2.37. The van der Waals surface area contributed by atoms with Gasteiger partial charge < -0.3 is 10.6 Å². The Hall–Kier alpha value is -0.700. The van der Waals surface area contributed by atoms with Crippen molar-refractivity contribution in [2.75, 3.05) is 26.2 Å². The molecule has 0 aromatic rings. The van der Waals surface area contributed by atoms with E-state index in [9.17, 15) is 13.2 Å². The SMILES string of the molecule is NC1(C(=O)N2CCN(S(N)(=O)=O)CC2)CCCC1. The van der Waals surface area contributed by atoms with Crippen LogP contribution in [0.25, 0.3) is 0 Å². The lowest BCUT2D eigenvalue weighted by molar-refractivity contribution is -0.138. The van der Waals surface area contributed by atoms with E-state index in [4.69, 9.17) is 10.9 Å². The molecule has 8 heteroatoms. The minimum Gasteiger partial charge on any atom is -0.338 e. The Bertz CT molecular complexity index is 422. The summed E-state index contributed by atoms with van der Waals surface area (Å²) < 4.78 is 23.5. The van der Waals surface area contributed by atoms with Crippen molar-refractivity contribution in [3.8, 4) is 0 Å². The van der Waals surface area contributed by atoms with Crippen LogP contribution in [0.4, 0.5) is 0 Å². The van der Waals surface area contributed by atoms with Gasteiger partial charge in [-0.2, -0.15) is 12.7 Å². The van der Waals surface area contributed by atoms with Crippen molar-refractivity contribution in [2.45, 2.75) is 31.2 Å². The molecule has 2 fully saturated rings. The number of nitrogens with two attached hydrogens (primary N) is 2. The van der Waals surface area contributed by atoms with E-state index in [1.807, 2.05) is 0 Å². The molecule has 1 amide bonds. The molecule has 4 N–H and O–H groups in total. The van der Waals surface area contributed by atoms with E-state index in [1.54, 1.807) is 4.90 Å². The molecular formula is C10H20N4O3S. The highest BCUT2D eigenvalue weighted by molar-refractivity contribution is 7.86. The van der Waals surface area contributed by atoms with E-state index in [1.165, 1.54) is 4.31 Å². The average molecular weight is 276 g/mol. The second kappa shape index (κ2) is 4.76. The van der Waals surface area contributed by atoms with Crippen LogP contribution in [0, 0.1) is 0 Å². The molecule has 2 rings (SSSR count). The third-order valence-corrected chi connectivity index (χ3v) is 4.89. The molecule has 18 heavy (non-hydrogen) atoms. The first kappa shape index (κ1) is 13.7. The first-order valence-electron chi connectivity index (χ1n) is 6.19. The van der Waals surface area contributed by atoms with Crippen LogP contribution in [0.5, 0.6) is 0 Å². The van der Waals surface area contributed by atoms with Gasteiger partial charge in [-0.15, -0.1) is 0 Å². The maximum atomic E-state index is 12.3. The maximum Gasteiger partial charge on any atom is 0.277 e. The summed E-state index contributed by atoms with van der Waals surface area (Å²) in [5.74, 6) is -0.0472. The van der Waals surface area contributed by atoms with Crippen molar-refractivity contribution in [1.29, 1.82) is 0 Å². The summed E-state index contributed by atoms with van der Waals surface area (Å²) in [5, 5.41) is 5.05. The van der Waals surface area contributed by atoms with Gasteiger partial charge in [0, 0.05) is 26.2 Å². The third-order valence-electron chi connectivity index (χ3n) is 3.81. The zero-order valence-corrected chi connectivity index (χ0v) is 11.2. The fourth-order valence-corrected chi connectivity index (χ4v) is 3.35. The Labute approximate surface area is 107 Å². The molecule has 7 nitrogen and oxygen atoms in total. The maximum absolute atomic E-state index is 12.3. The Kier molecular flexibility index (Phi) is 3.63. The van der Waals surface area contributed by atoms with E-state index < -0.39 is 15.7 Å². The smallest absolute Gasteiger partial charge is 0.277 e. The predicted molar refractivity (Wildman–Crippen MR) is 66.6 cm³/mol. The van der Waals surface area contributed by atoms with Gasteiger partial charge in [0.2, 0.25) is 5.91 Å². The lowest BCUT2D eigenvalue weighted by Crippen LogP contribution is -2.59. The average Bonchev–Trinajstić information content (AvgIpc) is 2.75. The van der Waals surface area contributed by atoms with Gasteiger partial charge >= 0.3 is 0 Å². The van der Waals surface area contributed by atoms with Crippen LogP contribution in [-0.2, 0) is 15.0 Å². The first-order valence-corrected chi connectivity index (χ1v) is 7.69. The number of amides is 1. The monoisotopic (exact) mass is 276 g/mol. The molecule has 1 heterocycles. The molecule has 2 aliphatic rings. The number of piperazine rings is 1. The number of carbonyl (C=O) groups excluding carboxylic acids is 1. The van der Waals surface area contributed by atoms with Crippen molar-refractivity contribution in [3.05, 3.63) is 0 Å². The van der Waals surface area contributed by atoms with Gasteiger partial charge in [-0.05, 0) is 12.8 Å². The molecule has 0 spiro atoms. The van der Waals surface area contributed by atoms with E-state index in [0.29, 0.717) is 13.1 Å². The van der Waals surface area contributed by atoms with Gasteiger partial charge in [0.25, 0.3) is 10.2 Å². The quantitative estimate of drug-likeness (QED) is 0.646. The molecular weight excluding hydrogens is 256 g/mol. The number of hydrogen-bond donors (Lipinski definition) is 2. The topological polar surface area (TPSA) is 110 Å². The highest BCUT2D eigenvalue weighted by Crippen LogP contribution is 2.29. The Morgan fingerprint density at radius 3 is 2.00 bits per heavy atom. The number of hydrogen-bond acceptors (Lipinski definition) is 4. The molecule has 1 aliphatic carbocycles. The van der Waals surface area contributed by atoms with Crippen LogP contribution in [0.3, 0.4) is 0 Å². The Morgan fingerprint density at radius 1 is 1.06 bits per heavy atom. The van der Waals surface area contributed by atoms with Gasteiger partial charge in [-0.1, -0.05) is 12.8 Å². The second-order valence-electron chi connectivity index (χ2n) is 5.10. The van der Waals surface area contributed by atoms with Crippen LogP contribution < -0.4 is 10.9 Å². The number of nitrogens with zero attached hydrogens (tertiary/aromatic N) is 2. The molecule has 0 radical (unpaired) electrons. The Balaban J connectivity index is 1.96. The molecule has 0 aromatic heterocycles. The first-order chi connectivity index (χ1) is 8.33. The van der Waals surface area contributed by atoms with E-state index in [-0.39, 0.29) is 19.0 Å². The van der Waals surface area contributed by atoms with E-state index in [0.717, 1.165) is 25.7 Å². The van der Waals surface area contributed by atoms with Crippen LogP contribution in [-0.4, -0.2) is 55.2 Å². The van der Waals surface area contributed by atoms with Crippen LogP contribution >= 0.6 is 0 Å². The van der Waals surface area contributed by atoms with Crippen LogP contribution in [0.1, 0.15) is 25.7 Å². The summed E-state index contributed by atoms with van der Waals surface area (Å²) in [6.07, 6.45) is 3.42. The molecule has 0 aromatic carbocycles. The zero-order chi connectivity index (χ0) is 13.4. The van der Waals surface area contributed by atoms with Crippen molar-refractivity contribution in [1.82, 2.24) is 9.21 Å². The Morgan fingerprint density at radius 2 is 1.56 bits per heavy atom. The van der Waals surface area contributed by atoms with Gasteiger partial charge in [0.1, 0.15) is 0 Å². The van der Waals surface area contributed by atoms with Crippen LogP contribution in [0.15, 0.2) is 0 Å². The molecule has 1 saturated carbocycles. The van der Waals surface area contributed by atoms with Gasteiger partial charge in [-0.25, -0.2) is 5.14 Å². The second-order valence-corrected chi connectivity index (χ2v) is 6.65. The third kappa shape index (κ3) is 2.66. The van der Waals surface area contributed by atoms with Gasteiger partial charge in [0.15, 0.2) is 0 Å². The molecule has 0 bridgehead atoms. The fourth-order valence-electron chi connectivity index (χ4n) is 2.68. The molecule has 1 aliphatic heterocycles. The molecule has 0 unspecified atom stereocenters. The minimum atomic E-state index is -3.65. The molecule has 104 valence electrons. The normalized spacial score (nSPS) is 25.3. The highest BCUT2D eigenvalue weighted by Gasteiger charge is 2.41. The lowest BCUT2D eigenvalue weighted by atomic mass is 9.97. The summed E-state index contributed by atoms with van der Waals surface area (Å²) in [4.78, 5) is 13.9. The molecule has 1 saturated heterocycles. The summed E-state index contributed by atoms with van der Waals surface area (Å²) in [6.45, 7) is 1.24. The van der Waals surface area contributed by atoms with E-state index >= 15 is 0 Å². The predicted octanol–water partition coefficient (Wildman–Crippen LogP) is -1.39. The largest absolute Gasteiger partial charge is 0.338 e. The minimum absolute atomic E-state index is 0.0472. The van der Waals surface area contributed by atoms with Crippen molar-refractivity contribution >= 4 is 16.1 Å². The van der Waals surface area contributed by atoms with Crippen molar-refractivity contribution < 1.29 is 13.2 Å². The summed E-state index contributed by atoms with van der Waals surface area (Å²) >= 11 is 0. The van der Waals surface area contributed by atoms with Crippen molar-refractivity contribution in [3.63, 3.8) is 0 Å². The van der Waals surface area contributed by atoms with Gasteiger partial charge in [-0.3, -0.25) is 4.79 Å². The fraction of sp³-hybridized carbons (Fsp3) is 0.900. The summed E-state index contributed by atoms with van der Waals surface area (Å²) in [6, 6.07) is 0. The summed E-state index contributed by atoms with van der Waals surface area (Å²) in [5.41, 5.74) is 5.37. The number of carbonyl (C=O) groups is 1. The number of rotatable bonds is 2. The standard InChI is InChI=1S/C10H20N4O3S/c11-10(3-1-2-4-10)9(15)13-5-7-14(8-6-13)18(12,16)17/h1-8,11H2,(H2,12,16,17).